The van der Waals surface area contributed by atoms with E-state index in [1.54, 1.807) is 42.5 Å². The first-order valence-corrected chi connectivity index (χ1v) is 7.87. The monoisotopic (exact) mass is 353 g/mol. The van der Waals surface area contributed by atoms with Crippen LogP contribution in [0.25, 0.3) is 11.1 Å². The van der Waals surface area contributed by atoms with E-state index in [0.29, 0.717) is 11.1 Å². The molecule has 2 aromatic rings. The number of nitro groups is 1. The molecule has 26 heavy (non-hydrogen) atoms. The minimum absolute atomic E-state index is 0.182. The summed E-state index contributed by atoms with van der Waals surface area (Å²) in [7, 11) is 0. The molecular formula is C19H16FN3O3. The van der Waals surface area contributed by atoms with Crippen LogP contribution in [-0.4, -0.2) is 16.5 Å². The molecule has 132 valence electrons. The van der Waals surface area contributed by atoms with Crippen molar-refractivity contribution in [1.82, 2.24) is 10.6 Å². The zero-order valence-corrected chi connectivity index (χ0v) is 13.9. The molecule has 3 rings (SSSR count). The zero-order chi connectivity index (χ0) is 18.7. The fraction of sp³-hybridized carbons (Fsp3) is 0.105. The van der Waals surface area contributed by atoms with Gasteiger partial charge in [0.15, 0.2) is 0 Å². The molecule has 0 fully saturated rings. The highest BCUT2D eigenvalue weighted by molar-refractivity contribution is 5.96. The summed E-state index contributed by atoms with van der Waals surface area (Å²) in [6, 6.07) is 12.7. The normalized spacial score (nSPS) is 18.6. The molecule has 1 aliphatic rings. The van der Waals surface area contributed by atoms with Crippen molar-refractivity contribution in [2.45, 2.75) is 12.6 Å². The van der Waals surface area contributed by atoms with Crippen molar-refractivity contribution >= 4 is 5.91 Å². The van der Waals surface area contributed by atoms with Gasteiger partial charge in [-0.2, -0.15) is 0 Å². The second-order valence-electron chi connectivity index (χ2n) is 5.95. The summed E-state index contributed by atoms with van der Waals surface area (Å²) < 4.78 is 14.0. The van der Waals surface area contributed by atoms with Gasteiger partial charge in [-0.15, -0.1) is 0 Å². The lowest BCUT2D eigenvalue weighted by Gasteiger charge is -2.30. The predicted octanol–water partition coefficient (Wildman–Crippen LogP) is 3.22. The Morgan fingerprint density at radius 1 is 1.23 bits per heavy atom. The Morgan fingerprint density at radius 2 is 2.00 bits per heavy atom. The molecule has 1 amide bonds. The Hall–Kier alpha value is -3.48. The SMILES string of the molecule is CC1(NC(=O)c2cccc(-c3ccccc3F)c2)NC=CC=C1[N+](=O)[O-]. The van der Waals surface area contributed by atoms with Gasteiger partial charge in [-0.1, -0.05) is 30.3 Å². The van der Waals surface area contributed by atoms with Crippen molar-refractivity contribution in [3.63, 3.8) is 0 Å². The number of allylic oxidation sites excluding steroid dienone is 2. The van der Waals surface area contributed by atoms with E-state index in [9.17, 15) is 19.3 Å². The minimum atomic E-state index is -1.36. The molecule has 0 spiro atoms. The lowest BCUT2D eigenvalue weighted by Crippen LogP contribution is -2.58. The third kappa shape index (κ3) is 3.32. The molecule has 1 heterocycles. The van der Waals surface area contributed by atoms with Gasteiger partial charge < -0.3 is 10.6 Å². The Bertz CT molecular complexity index is 939. The van der Waals surface area contributed by atoms with E-state index in [1.807, 2.05) is 0 Å². The molecule has 0 saturated heterocycles. The van der Waals surface area contributed by atoms with E-state index in [2.05, 4.69) is 10.6 Å². The van der Waals surface area contributed by atoms with Crippen LogP contribution in [0, 0.1) is 15.9 Å². The van der Waals surface area contributed by atoms with E-state index in [1.165, 1.54) is 31.3 Å². The van der Waals surface area contributed by atoms with Crippen molar-refractivity contribution in [2.75, 3.05) is 0 Å². The predicted molar refractivity (Wildman–Crippen MR) is 95.1 cm³/mol. The number of amides is 1. The van der Waals surface area contributed by atoms with Crippen molar-refractivity contribution in [3.8, 4) is 11.1 Å². The van der Waals surface area contributed by atoms with E-state index in [4.69, 9.17) is 0 Å². The summed E-state index contributed by atoms with van der Waals surface area (Å²) in [5.74, 6) is -0.907. The largest absolute Gasteiger partial charge is 0.360 e. The number of hydrogen-bond donors (Lipinski definition) is 2. The van der Waals surface area contributed by atoms with Crippen LogP contribution in [0.15, 0.2) is 72.6 Å². The van der Waals surface area contributed by atoms with Crippen LogP contribution in [0.1, 0.15) is 17.3 Å². The van der Waals surface area contributed by atoms with Crippen LogP contribution in [-0.2, 0) is 0 Å². The highest BCUT2D eigenvalue weighted by atomic mass is 19.1. The number of rotatable bonds is 4. The molecule has 1 atom stereocenters. The van der Waals surface area contributed by atoms with Crippen molar-refractivity contribution < 1.29 is 14.1 Å². The second-order valence-corrected chi connectivity index (χ2v) is 5.95. The van der Waals surface area contributed by atoms with Gasteiger partial charge in [0.05, 0.1) is 4.92 Å². The summed E-state index contributed by atoms with van der Waals surface area (Å²) in [5.41, 5.74) is -0.353. The van der Waals surface area contributed by atoms with Gasteiger partial charge in [0.25, 0.3) is 11.6 Å². The maximum absolute atomic E-state index is 14.0. The summed E-state index contributed by atoms with van der Waals surface area (Å²) in [5, 5.41) is 16.7. The quantitative estimate of drug-likeness (QED) is 0.653. The maximum atomic E-state index is 14.0. The first-order chi connectivity index (χ1) is 12.4. The number of carbonyl (C=O) groups excluding carboxylic acids is 1. The molecule has 0 bridgehead atoms. The third-order valence-corrected chi connectivity index (χ3v) is 4.10. The summed E-state index contributed by atoms with van der Waals surface area (Å²) in [4.78, 5) is 23.3. The average molecular weight is 353 g/mol. The van der Waals surface area contributed by atoms with Gasteiger partial charge >= 0.3 is 0 Å². The topological polar surface area (TPSA) is 84.3 Å². The second kappa shape index (κ2) is 6.79. The Balaban J connectivity index is 1.88. The molecule has 0 aliphatic carbocycles. The van der Waals surface area contributed by atoms with Gasteiger partial charge in [0.2, 0.25) is 5.66 Å². The number of benzene rings is 2. The first-order valence-electron chi connectivity index (χ1n) is 7.87. The number of nitrogens with zero attached hydrogens (tertiary/aromatic N) is 1. The molecule has 2 aromatic carbocycles. The fourth-order valence-electron chi connectivity index (χ4n) is 2.76. The Morgan fingerprint density at radius 3 is 2.73 bits per heavy atom. The van der Waals surface area contributed by atoms with Crippen molar-refractivity contribution in [2.24, 2.45) is 0 Å². The number of nitrogens with one attached hydrogen (secondary N) is 2. The lowest BCUT2D eigenvalue weighted by atomic mass is 10.0. The average Bonchev–Trinajstić information content (AvgIpc) is 2.62. The number of hydrogen-bond acceptors (Lipinski definition) is 4. The number of dihydropyridines is 1. The molecule has 0 saturated carbocycles. The molecule has 1 unspecified atom stereocenters. The molecule has 6 nitrogen and oxygen atoms in total. The van der Waals surface area contributed by atoms with Crippen LogP contribution in [0.3, 0.4) is 0 Å². The minimum Gasteiger partial charge on any atom is -0.360 e. The smallest absolute Gasteiger partial charge is 0.291 e. The van der Waals surface area contributed by atoms with Gasteiger partial charge in [0.1, 0.15) is 5.82 Å². The van der Waals surface area contributed by atoms with Crippen LogP contribution in [0.2, 0.25) is 0 Å². The third-order valence-electron chi connectivity index (χ3n) is 4.10. The zero-order valence-electron chi connectivity index (χ0n) is 13.9. The molecule has 0 radical (unpaired) electrons. The van der Waals surface area contributed by atoms with Crippen LogP contribution < -0.4 is 10.6 Å². The maximum Gasteiger partial charge on any atom is 0.291 e. The molecule has 7 heteroatoms. The summed E-state index contributed by atoms with van der Waals surface area (Å²) in [6.07, 6.45) is 4.33. The van der Waals surface area contributed by atoms with Gasteiger partial charge in [-0.25, -0.2) is 4.39 Å². The first kappa shape index (κ1) is 17.3. The highest BCUT2D eigenvalue weighted by Crippen LogP contribution is 2.24. The van der Waals surface area contributed by atoms with Crippen LogP contribution in [0.4, 0.5) is 4.39 Å². The molecule has 0 aromatic heterocycles. The summed E-state index contributed by atoms with van der Waals surface area (Å²) in [6.45, 7) is 1.50. The van der Waals surface area contributed by atoms with E-state index >= 15 is 0 Å². The van der Waals surface area contributed by atoms with Gasteiger partial charge in [0, 0.05) is 17.2 Å². The van der Waals surface area contributed by atoms with Crippen molar-refractivity contribution in [3.05, 3.63) is 94.1 Å². The molecular weight excluding hydrogens is 337 g/mol. The fourth-order valence-corrected chi connectivity index (χ4v) is 2.76. The standard InChI is InChI=1S/C19H16FN3O3/c1-19(17(23(25)26)10-5-11-21-19)22-18(24)14-7-4-6-13(12-14)15-8-2-3-9-16(15)20/h2-12,21H,1H3,(H,22,24). The van der Waals surface area contributed by atoms with Crippen molar-refractivity contribution in [1.29, 1.82) is 0 Å². The Kier molecular flexibility index (Phi) is 4.53. The van der Waals surface area contributed by atoms with Gasteiger partial charge in [-0.05, 0) is 43.0 Å². The molecule has 1 aliphatic heterocycles. The van der Waals surface area contributed by atoms with Gasteiger partial charge in [-0.3, -0.25) is 14.9 Å². The lowest BCUT2D eigenvalue weighted by molar-refractivity contribution is -0.436. The van der Waals surface area contributed by atoms with Crippen LogP contribution in [0.5, 0.6) is 0 Å². The Labute approximate surface area is 149 Å². The number of halogens is 1. The molecule has 2 N–H and O–H groups in total. The highest BCUT2D eigenvalue weighted by Gasteiger charge is 2.40. The van der Waals surface area contributed by atoms with E-state index in [-0.39, 0.29) is 11.3 Å². The number of carbonyl (C=O) groups is 1. The van der Waals surface area contributed by atoms with Crippen LogP contribution >= 0.6 is 0 Å². The van der Waals surface area contributed by atoms with E-state index in [0.717, 1.165) is 0 Å². The summed E-state index contributed by atoms with van der Waals surface area (Å²) >= 11 is 0. The van der Waals surface area contributed by atoms with E-state index < -0.39 is 22.3 Å².